The van der Waals surface area contributed by atoms with Crippen molar-refractivity contribution in [3.05, 3.63) is 29.8 Å². The van der Waals surface area contributed by atoms with Gasteiger partial charge in [-0.25, -0.2) is 0 Å². The van der Waals surface area contributed by atoms with Crippen LogP contribution in [0.5, 0.6) is 5.75 Å². The molecular formula is C18H30IN3O. The fourth-order valence-corrected chi connectivity index (χ4v) is 2.87. The molecule has 0 aromatic heterocycles. The van der Waals surface area contributed by atoms with Crippen molar-refractivity contribution in [3.63, 3.8) is 0 Å². The van der Waals surface area contributed by atoms with E-state index in [1.807, 2.05) is 26.1 Å². The van der Waals surface area contributed by atoms with Gasteiger partial charge in [-0.2, -0.15) is 0 Å². The summed E-state index contributed by atoms with van der Waals surface area (Å²) in [6.45, 7) is 8.15. The maximum Gasteiger partial charge on any atom is 0.193 e. The summed E-state index contributed by atoms with van der Waals surface area (Å²) in [7, 11) is 1.87. The van der Waals surface area contributed by atoms with Crippen molar-refractivity contribution in [2.45, 2.75) is 33.1 Å². The fraction of sp³-hybridized carbons (Fsp3) is 0.611. The van der Waals surface area contributed by atoms with E-state index in [0.717, 1.165) is 43.7 Å². The topological polar surface area (TPSA) is 36.9 Å². The van der Waals surface area contributed by atoms with Crippen molar-refractivity contribution in [2.75, 3.05) is 33.3 Å². The number of hydrogen-bond donors (Lipinski definition) is 1. The van der Waals surface area contributed by atoms with E-state index < -0.39 is 0 Å². The van der Waals surface area contributed by atoms with Gasteiger partial charge in [0.2, 0.25) is 0 Å². The van der Waals surface area contributed by atoms with Gasteiger partial charge in [0, 0.05) is 26.7 Å². The number of ether oxygens (including phenoxy) is 1. The second-order valence-electron chi connectivity index (χ2n) is 5.93. The fourth-order valence-electron chi connectivity index (χ4n) is 2.87. The van der Waals surface area contributed by atoms with Gasteiger partial charge in [-0.1, -0.05) is 25.1 Å². The molecule has 1 fully saturated rings. The highest BCUT2D eigenvalue weighted by Crippen LogP contribution is 2.18. The lowest BCUT2D eigenvalue weighted by atomic mass is 9.99. The van der Waals surface area contributed by atoms with Gasteiger partial charge in [-0.05, 0) is 43.7 Å². The zero-order chi connectivity index (χ0) is 15.8. The van der Waals surface area contributed by atoms with Crippen LogP contribution in [0.15, 0.2) is 29.3 Å². The number of hydrogen-bond acceptors (Lipinski definition) is 2. The third kappa shape index (κ3) is 6.20. The van der Waals surface area contributed by atoms with Crippen LogP contribution in [0, 0.1) is 5.92 Å². The molecule has 0 radical (unpaired) electrons. The van der Waals surface area contributed by atoms with Crippen molar-refractivity contribution in [1.82, 2.24) is 10.2 Å². The molecule has 2 rings (SSSR count). The largest absolute Gasteiger partial charge is 0.494 e. The molecule has 130 valence electrons. The van der Waals surface area contributed by atoms with Gasteiger partial charge in [0.05, 0.1) is 6.61 Å². The number of likely N-dealkylation sites (tertiary alicyclic amines) is 1. The Morgan fingerprint density at radius 1 is 1.30 bits per heavy atom. The van der Waals surface area contributed by atoms with E-state index in [-0.39, 0.29) is 24.0 Å². The molecule has 5 heteroatoms. The minimum Gasteiger partial charge on any atom is -0.494 e. The first-order valence-electron chi connectivity index (χ1n) is 8.41. The van der Waals surface area contributed by atoms with Crippen LogP contribution in [0.3, 0.4) is 0 Å². The SMILES string of the molecule is CCOc1ccccc1CCNC(=NC)N1CCC(C)CC1.I. The Morgan fingerprint density at radius 2 is 2.00 bits per heavy atom. The molecule has 0 saturated carbocycles. The van der Waals surface area contributed by atoms with E-state index in [1.165, 1.54) is 18.4 Å². The van der Waals surface area contributed by atoms with E-state index >= 15 is 0 Å². The average Bonchev–Trinajstić information content (AvgIpc) is 2.54. The molecule has 0 spiro atoms. The number of rotatable bonds is 5. The zero-order valence-electron chi connectivity index (χ0n) is 14.5. The number of nitrogens with one attached hydrogen (secondary N) is 1. The van der Waals surface area contributed by atoms with E-state index in [9.17, 15) is 0 Å². The van der Waals surface area contributed by atoms with Gasteiger partial charge in [0.25, 0.3) is 0 Å². The standard InChI is InChI=1S/C18H29N3O.HI/c1-4-22-17-8-6-5-7-16(17)9-12-20-18(19-3)21-13-10-15(2)11-14-21;/h5-8,15H,4,9-14H2,1-3H3,(H,19,20);1H. The molecule has 1 aromatic rings. The van der Waals surface area contributed by atoms with Gasteiger partial charge < -0.3 is 15.0 Å². The van der Waals surface area contributed by atoms with Crippen molar-refractivity contribution in [2.24, 2.45) is 10.9 Å². The third-order valence-electron chi connectivity index (χ3n) is 4.24. The Labute approximate surface area is 157 Å². The highest BCUT2D eigenvalue weighted by Gasteiger charge is 2.18. The summed E-state index contributed by atoms with van der Waals surface area (Å²) in [5.41, 5.74) is 1.25. The lowest BCUT2D eigenvalue weighted by Crippen LogP contribution is -2.45. The number of nitrogens with zero attached hydrogens (tertiary/aromatic N) is 2. The molecule has 1 aliphatic rings. The van der Waals surface area contributed by atoms with Crippen LogP contribution in [0.1, 0.15) is 32.3 Å². The van der Waals surface area contributed by atoms with Crippen LogP contribution in [0.4, 0.5) is 0 Å². The van der Waals surface area contributed by atoms with Crippen LogP contribution >= 0.6 is 24.0 Å². The summed E-state index contributed by atoms with van der Waals surface area (Å²) in [5, 5.41) is 3.49. The lowest BCUT2D eigenvalue weighted by Gasteiger charge is -2.33. The molecular weight excluding hydrogens is 401 g/mol. The van der Waals surface area contributed by atoms with E-state index in [0.29, 0.717) is 6.61 Å². The summed E-state index contributed by atoms with van der Waals surface area (Å²) in [6.07, 6.45) is 3.46. The maximum absolute atomic E-state index is 5.68. The highest BCUT2D eigenvalue weighted by atomic mass is 127. The zero-order valence-corrected chi connectivity index (χ0v) is 16.9. The monoisotopic (exact) mass is 431 g/mol. The molecule has 1 aromatic carbocycles. The van der Waals surface area contributed by atoms with Gasteiger partial charge in [0.15, 0.2) is 5.96 Å². The van der Waals surface area contributed by atoms with Crippen LogP contribution in [-0.2, 0) is 6.42 Å². The number of halogens is 1. The first-order valence-corrected chi connectivity index (χ1v) is 8.41. The summed E-state index contributed by atoms with van der Waals surface area (Å²) in [4.78, 5) is 6.80. The molecule has 0 bridgehead atoms. The van der Waals surface area contributed by atoms with E-state index in [2.05, 4.69) is 34.3 Å². The molecule has 1 N–H and O–H groups in total. The Bertz CT molecular complexity index is 485. The lowest BCUT2D eigenvalue weighted by molar-refractivity contribution is 0.273. The first-order chi connectivity index (χ1) is 10.7. The number of para-hydroxylation sites is 1. The normalized spacial score (nSPS) is 16.0. The second kappa shape index (κ2) is 10.7. The van der Waals surface area contributed by atoms with Gasteiger partial charge in [0.1, 0.15) is 5.75 Å². The maximum atomic E-state index is 5.68. The molecule has 0 unspecified atom stereocenters. The minimum atomic E-state index is 0. The van der Waals surface area contributed by atoms with Gasteiger partial charge in [-0.15, -0.1) is 24.0 Å². The Balaban J connectivity index is 0.00000264. The van der Waals surface area contributed by atoms with Crippen molar-refractivity contribution >= 4 is 29.9 Å². The third-order valence-corrected chi connectivity index (χ3v) is 4.24. The second-order valence-corrected chi connectivity index (χ2v) is 5.93. The average molecular weight is 431 g/mol. The number of benzene rings is 1. The summed E-state index contributed by atoms with van der Waals surface area (Å²) >= 11 is 0. The minimum absolute atomic E-state index is 0. The summed E-state index contributed by atoms with van der Waals surface area (Å²) < 4.78 is 5.68. The number of guanidine groups is 1. The Morgan fingerprint density at radius 3 is 2.65 bits per heavy atom. The van der Waals surface area contributed by atoms with E-state index in [1.54, 1.807) is 0 Å². The molecule has 1 heterocycles. The van der Waals surface area contributed by atoms with Crippen LogP contribution < -0.4 is 10.1 Å². The Kier molecular flexibility index (Phi) is 9.36. The summed E-state index contributed by atoms with van der Waals surface area (Å²) in [6, 6.07) is 8.27. The summed E-state index contributed by atoms with van der Waals surface area (Å²) in [5.74, 6) is 2.86. The molecule has 0 atom stereocenters. The van der Waals surface area contributed by atoms with Crippen LogP contribution in [-0.4, -0.2) is 44.1 Å². The smallest absolute Gasteiger partial charge is 0.193 e. The van der Waals surface area contributed by atoms with Crippen LogP contribution in [0.25, 0.3) is 0 Å². The predicted octanol–water partition coefficient (Wildman–Crippen LogP) is 3.55. The van der Waals surface area contributed by atoms with Gasteiger partial charge >= 0.3 is 0 Å². The molecule has 1 saturated heterocycles. The van der Waals surface area contributed by atoms with Crippen LogP contribution in [0.2, 0.25) is 0 Å². The van der Waals surface area contributed by atoms with Gasteiger partial charge in [-0.3, -0.25) is 4.99 Å². The highest BCUT2D eigenvalue weighted by molar-refractivity contribution is 14.0. The first kappa shape index (κ1) is 20.1. The molecule has 23 heavy (non-hydrogen) atoms. The number of piperidine rings is 1. The molecule has 0 amide bonds. The number of aliphatic imine (C=N–C) groups is 1. The molecule has 0 aliphatic carbocycles. The quantitative estimate of drug-likeness (QED) is 0.440. The predicted molar refractivity (Wildman–Crippen MR) is 108 cm³/mol. The van der Waals surface area contributed by atoms with Crippen molar-refractivity contribution < 1.29 is 4.74 Å². The van der Waals surface area contributed by atoms with Crippen molar-refractivity contribution in [3.8, 4) is 5.75 Å². The van der Waals surface area contributed by atoms with Crippen molar-refractivity contribution in [1.29, 1.82) is 0 Å². The Hall–Kier alpha value is -0.980. The molecule has 4 nitrogen and oxygen atoms in total. The molecule has 1 aliphatic heterocycles. The van der Waals surface area contributed by atoms with E-state index in [4.69, 9.17) is 4.74 Å².